The normalized spacial score (nSPS) is 12.5. The van der Waals surface area contributed by atoms with Crippen molar-refractivity contribution in [2.45, 2.75) is 19.4 Å². The van der Waals surface area contributed by atoms with Crippen molar-refractivity contribution in [1.29, 1.82) is 0 Å². The Morgan fingerprint density at radius 2 is 2.24 bits per heavy atom. The first-order valence-electron chi connectivity index (χ1n) is 5.94. The van der Waals surface area contributed by atoms with Crippen LogP contribution in [0.2, 0.25) is 0 Å². The molecule has 0 aliphatic heterocycles. The van der Waals surface area contributed by atoms with Gasteiger partial charge in [-0.25, -0.2) is 4.39 Å². The van der Waals surface area contributed by atoms with E-state index in [9.17, 15) is 4.39 Å². The molecule has 0 fully saturated rings. The smallest absolute Gasteiger partial charge is 0.125 e. The molecule has 0 saturated heterocycles. The first-order chi connectivity index (χ1) is 8.21. The minimum absolute atomic E-state index is 0.0672. The summed E-state index contributed by atoms with van der Waals surface area (Å²) in [7, 11) is 1.66. The summed E-state index contributed by atoms with van der Waals surface area (Å²) < 4.78 is 18.4. The van der Waals surface area contributed by atoms with E-state index in [1.54, 1.807) is 19.2 Å². The Morgan fingerprint density at radius 3 is 2.76 bits per heavy atom. The number of anilines is 1. The van der Waals surface area contributed by atoms with Gasteiger partial charge in [0.25, 0.3) is 0 Å². The first kappa shape index (κ1) is 13.9. The third-order valence-corrected chi connectivity index (χ3v) is 2.87. The number of halogens is 1. The summed E-state index contributed by atoms with van der Waals surface area (Å²) in [5.41, 5.74) is 6.47. The van der Waals surface area contributed by atoms with Gasteiger partial charge in [0.15, 0.2) is 0 Å². The molecular formula is C13H21FN2O. The lowest BCUT2D eigenvalue weighted by atomic mass is 10.2. The average molecular weight is 240 g/mol. The van der Waals surface area contributed by atoms with Gasteiger partial charge in [-0.05, 0) is 31.5 Å². The Labute approximate surface area is 102 Å². The molecule has 1 unspecified atom stereocenters. The maximum atomic E-state index is 13.1. The van der Waals surface area contributed by atoms with Gasteiger partial charge in [0.05, 0.1) is 6.10 Å². The van der Waals surface area contributed by atoms with E-state index in [1.807, 2.05) is 6.07 Å². The molecule has 1 rings (SSSR count). The predicted octanol–water partition coefficient (Wildman–Crippen LogP) is 2.02. The quantitative estimate of drug-likeness (QED) is 0.792. The van der Waals surface area contributed by atoms with Gasteiger partial charge in [0, 0.05) is 32.4 Å². The molecule has 0 bridgehead atoms. The summed E-state index contributed by atoms with van der Waals surface area (Å²) in [5, 5.41) is 0. The van der Waals surface area contributed by atoms with Crippen LogP contribution in [0.1, 0.15) is 13.3 Å². The summed E-state index contributed by atoms with van der Waals surface area (Å²) >= 11 is 0. The fourth-order valence-corrected chi connectivity index (χ4v) is 1.77. The van der Waals surface area contributed by atoms with Gasteiger partial charge in [0.2, 0.25) is 0 Å². The summed E-state index contributed by atoms with van der Waals surface area (Å²) in [6.07, 6.45) is 0.912. The lowest BCUT2D eigenvalue weighted by Crippen LogP contribution is -2.31. The number of nitrogens with zero attached hydrogens (tertiary/aromatic N) is 1. The summed E-state index contributed by atoms with van der Waals surface area (Å²) in [5.74, 6) is -0.205. The molecule has 4 heteroatoms. The van der Waals surface area contributed by atoms with E-state index in [-0.39, 0.29) is 11.9 Å². The van der Waals surface area contributed by atoms with Crippen LogP contribution in [0.15, 0.2) is 24.3 Å². The van der Waals surface area contributed by atoms with Gasteiger partial charge in [-0.15, -0.1) is 0 Å². The molecular weight excluding hydrogens is 219 g/mol. The molecule has 0 amide bonds. The molecule has 0 aromatic heterocycles. The maximum absolute atomic E-state index is 13.1. The first-order valence-corrected chi connectivity index (χ1v) is 5.94. The number of methoxy groups -OCH3 is 1. The number of hydrogen-bond acceptors (Lipinski definition) is 3. The maximum Gasteiger partial charge on any atom is 0.125 e. The number of benzene rings is 1. The van der Waals surface area contributed by atoms with Crippen molar-refractivity contribution in [3.8, 4) is 0 Å². The van der Waals surface area contributed by atoms with E-state index in [0.29, 0.717) is 6.54 Å². The van der Waals surface area contributed by atoms with Crippen LogP contribution in [0.3, 0.4) is 0 Å². The van der Waals surface area contributed by atoms with Crippen LogP contribution < -0.4 is 10.6 Å². The van der Waals surface area contributed by atoms with Crippen LogP contribution in [0.4, 0.5) is 10.1 Å². The highest BCUT2D eigenvalue weighted by molar-refractivity contribution is 5.46. The summed E-state index contributed by atoms with van der Waals surface area (Å²) in [6, 6.07) is 6.64. The highest BCUT2D eigenvalue weighted by Gasteiger charge is 2.09. The highest BCUT2D eigenvalue weighted by atomic mass is 19.1. The molecule has 1 atom stereocenters. The van der Waals surface area contributed by atoms with Gasteiger partial charge in [-0.3, -0.25) is 0 Å². The Morgan fingerprint density at radius 1 is 1.47 bits per heavy atom. The second kappa shape index (κ2) is 7.25. The zero-order valence-electron chi connectivity index (χ0n) is 10.5. The summed E-state index contributed by atoms with van der Waals surface area (Å²) in [6.45, 7) is 4.21. The number of hydrogen-bond donors (Lipinski definition) is 1. The van der Waals surface area contributed by atoms with E-state index in [1.165, 1.54) is 6.07 Å². The van der Waals surface area contributed by atoms with E-state index in [0.717, 1.165) is 25.2 Å². The van der Waals surface area contributed by atoms with E-state index in [4.69, 9.17) is 10.5 Å². The van der Waals surface area contributed by atoms with Crippen LogP contribution in [0.5, 0.6) is 0 Å². The van der Waals surface area contributed by atoms with Crippen molar-refractivity contribution in [3.05, 3.63) is 30.1 Å². The number of rotatable bonds is 7. The van der Waals surface area contributed by atoms with Crippen LogP contribution >= 0.6 is 0 Å². The van der Waals surface area contributed by atoms with Gasteiger partial charge in [-0.1, -0.05) is 6.07 Å². The minimum atomic E-state index is -0.205. The van der Waals surface area contributed by atoms with Gasteiger partial charge in [0.1, 0.15) is 5.82 Å². The van der Waals surface area contributed by atoms with Crippen molar-refractivity contribution in [3.63, 3.8) is 0 Å². The molecule has 3 nitrogen and oxygen atoms in total. The molecule has 0 aliphatic rings. The van der Waals surface area contributed by atoms with Crippen LogP contribution in [-0.2, 0) is 4.74 Å². The Kier molecular flexibility index (Phi) is 5.94. The van der Waals surface area contributed by atoms with Gasteiger partial charge >= 0.3 is 0 Å². The van der Waals surface area contributed by atoms with E-state index in [2.05, 4.69) is 11.8 Å². The predicted molar refractivity (Wildman–Crippen MR) is 68.8 cm³/mol. The molecule has 96 valence electrons. The molecule has 2 N–H and O–H groups in total. The second-order valence-electron chi connectivity index (χ2n) is 3.94. The fourth-order valence-electron chi connectivity index (χ4n) is 1.77. The third kappa shape index (κ3) is 4.32. The molecule has 0 radical (unpaired) electrons. The molecule has 0 aliphatic carbocycles. The third-order valence-electron chi connectivity index (χ3n) is 2.87. The van der Waals surface area contributed by atoms with E-state index >= 15 is 0 Å². The zero-order valence-corrected chi connectivity index (χ0v) is 10.5. The monoisotopic (exact) mass is 240 g/mol. The standard InChI is InChI=1S/C13H21FN2O/c1-3-16(8-7-13(10-15)17-2)12-6-4-5-11(14)9-12/h4-6,9,13H,3,7-8,10,15H2,1-2H3. The fraction of sp³-hybridized carbons (Fsp3) is 0.538. The summed E-state index contributed by atoms with van der Waals surface area (Å²) in [4.78, 5) is 2.12. The Hall–Kier alpha value is -1.13. The lowest BCUT2D eigenvalue weighted by molar-refractivity contribution is 0.104. The second-order valence-corrected chi connectivity index (χ2v) is 3.94. The topological polar surface area (TPSA) is 38.5 Å². The minimum Gasteiger partial charge on any atom is -0.380 e. The largest absolute Gasteiger partial charge is 0.380 e. The highest BCUT2D eigenvalue weighted by Crippen LogP contribution is 2.16. The van der Waals surface area contributed by atoms with Crippen molar-refractivity contribution in [2.75, 3.05) is 31.6 Å². The van der Waals surface area contributed by atoms with Crippen molar-refractivity contribution in [1.82, 2.24) is 0 Å². The van der Waals surface area contributed by atoms with Crippen LogP contribution in [0, 0.1) is 5.82 Å². The number of ether oxygens (including phenoxy) is 1. The van der Waals surface area contributed by atoms with Gasteiger partial charge < -0.3 is 15.4 Å². The Balaban J connectivity index is 2.59. The Bertz CT molecular complexity index is 329. The molecule has 1 aromatic carbocycles. The average Bonchev–Trinajstić information content (AvgIpc) is 2.35. The molecule has 1 aromatic rings. The van der Waals surface area contributed by atoms with E-state index < -0.39 is 0 Å². The SMILES string of the molecule is CCN(CCC(CN)OC)c1cccc(F)c1. The lowest BCUT2D eigenvalue weighted by Gasteiger charge is -2.25. The molecule has 0 heterocycles. The van der Waals surface area contributed by atoms with Crippen molar-refractivity contribution < 1.29 is 9.13 Å². The number of nitrogens with two attached hydrogens (primary N) is 1. The van der Waals surface area contributed by atoms with Gasteiger partial charge in [-0.2, -0.15) is 0 Å². The van der Waals surface area contributed by atoms with Crippen molar-refractivity contribution >= 4 is 5.69 Å². The van der Waals surface area contributed by atoms with Crippen LogP contribution in [-0.4, -0.2) is 32.8 Å². The van der Waals surface area contributed by atoms with Crippen LogP contribution in [0.25, 0.3) is 0 Å². The van der Waals surface area contributed by atoms with Crippen molar-refractivity contribution in [2.24, 2.45) is 5.73 Å². The molecule has 0 saturated carbocycles. The molecule has 17 heavy (non-hydrogen) atoms. The molecule has 0 spiro atoms. The zero-order chi connectivity index (χ0) is 12.7.